The zero-order valence-electron chi connectivity index (χ0n) is 9.62. The van der Waals surface area contributed by atoms with E-state index >= 15 is 0 Å². The average molecular weight is 201 g/mol. The molecule has 1 unspecified atom stereocenters. The molecule has 0 radical (unpaired) electrons. The lowest BCUT2D eigenvalue weighted by Gasteiger charge is -2.31. The highest BCUT2D eigenvalue weighted by Crippen LogP contribution is 2.21. The first kappa shape index (κ1) is 12.0. The highest BCUT2D eigenvalue weighted by Gasteiger charge is 2.22. The van der Waals surface area contributed by atoms with Gasteiger partial charge in [-0.25, -0.2) is 0 Å². The molecular weight excluding hydrogens is 178 g/mol. The number of ether oxygens (including phenoxy) is 1. The maximum Gasteiger partial charge on any atom is 0.0600 e. The standard InChI is InChI=1S/C11H23NO2/c1-11(2,3)10(13)4-5-12-6-8-14-9-7-12/h10,13H,4-9H2,1-3H3. The lowest BCUT2D eigenvalue weighted by molar-refractivity contribution is 0.0128. The molecule has 1 atom stereocenters. The molecule has 1 aliphatic rings. The third kappa shape index (κ3) is 3.95. The lowest BCUT2D eigenvalue weighted by Crippen LogP contribution is -2.39. The number of aliphatic hydroxyl groups excluding tert-OH is 1. The number of aliphatic hydroxyl groups is 1. The lowest BCUT2D eigenvalue weighted by atomic mass is 9.87. The van der Waals surface area contributed by atoms with Gasteiger partial charge >= 0.3 is 0 Å². The van der Waals surface area contributed by atoms with Crippen LogP contribution in [0.2, 0.25) is 0 Å². The molecule has 0 aromatic carbocycles. The van der Waals surface area contributed by atoms with Gasteiger partial charge in [0.2, 0.25) is 0 Å². The zero-order chi connectivity index (χ0) is 10.6. The number of nitrogens with zero attached hydrogens (tertiary/aromatic N) is 1. The van der Waals surface area contributed by atoms with Gasteiger partial charge in [0.05, 0.1) is 19.3 Å². The Bertz CT molecular complexity index is 159. The van der Waals surface area contributed by atoms with E-state index in [1.54, 1.807) is 0 Å². The average Bonchev–Trinajstić information content (AvgIpc) is 2.14. The van der Waals surface area contributed by atoms with Gasteiger partial charge in [0, 0.05) is 19.6 Å². The summed E-state index contributed by atoms with van der Waals surface area (Å²) in [5.74, 6) is 0. The number of morpholine rings is 1. The van der Waals surface area contributed by atoms with Gasteiger partial charge in [0.1, 0.15) is 0 Å². The molecule has 0 saturated carbocycles. The van der Waals surface area contributed by atoms with Crippen LogP contribution < -0.4 is 0 Å². The SMILES string of the molecule is CC(C)(C)C(O)CCN1CCOCC1. The van der Waals surface area contributed by atoms with Gasteiger partial charge in [-0.15, -0.1) is 0 Å². The predicted octanol–water partition coefficient (Wildman–Crippen LogP) is 1.12. The van der Waals surface area contributed by atoms with Crippen molar-refractivity contribution in [2.45, 2.75) is 33.3 Å². The summed E-state index contributed by atoms with van der Waals surface area (Å²) in [6.45, 7) is 10.9. The van der Waals surface area contributed by atoms with Crippen LogP contribution in [0, 0.1) is 5.41 Å². The molecule has 1 heterocycles. The van der Waals surface area contributed by atoms with Crippen LogP contribution in [0.4, 0.5) is 0 Å². The van der Waals surface area contributed by atoms with E-state index in [0.29, 0.717) is 0 Å². The fraction of sp³-hybridized carbons (Fsp3) is 1.00. The van der Waals surface area contributed by atoms with Crippen molar-refractivity contribution in [1.82, 2.24) is 4.90 Å². The van der Waals surface area contributed by atoms with Crippen molar-refractivity contribution in [3.8, 4) is 0 Å². The fourth-order valence-corrected chi connectivity index (χ4v) is 1.56. The summed E-state index contributed by atoms with van der Waals surface area (Å²) in [4.78, 5) is 2.36. The van der Waals surface area contributed by atoms with Crippen LogP contribution >= 0.6 is 0 Å². The first-order chi connectivity index (χ1) is 6.50. The molecule has 3 nitrogen and oxygen atoms in total. The van der Waals surface area contributed by atoms with Crippen LogP contribution in [0.15, 0.2) is 0 Å². The quantitative estimate of drug-likeness (QED) is 0.742. The second kappa shape index (κ2) is 5.10. The molecular formula is C11H23NO2. The van der Waals surface area contributed by atoms with Crippen molar-refractivity contribution < 1.29 is 9.84 Å². The summed E-state index contributed by atoms with van der Waals surface area (Å²) in [6.07, 6.45) is 0.661. The van der Waals surface area contributed by atoms with Gasteiger partial charge in [-0.2, -0.15) is 0 Å². The predicted molar refractivity (Wildman–Crippen MR) is 57.3 cm³/mol. The topological polar surface area (TPSA) is 32.7 Å². The van der Waals surface area contributed by atoms with Crippen LogP contribution in [-0.2, 0) is 4.74 Å². The summed E-state index contributed by atoms with van der Waals surface area (Å²) < 4.78 is 5.27. The van der Waals surface area contributed by atoms with Gasteiger partial charge in [-0.1, -0.05) is 20.8 Å². The Balaban J connectivity index is 2.19. The monoisotopic (exact) mass is 201 g/mol. The summed E-state index contributed by atoms with van der Waals surface area (Å²) in [7, 11) is 0. The molecule has 1 fully saturated rings. The Kier molecular flexibility index (Phi) is 4.35. The maximum absolute atomic E-state index is 9.86. The van der Waals surface area contributed by atoms with Crippen LogP contribution in [0.3, 0.4) is 0 Å². The number of rotatable bonds is 3. The molecule has 0 amide bonds. The van der Waals surface area contributed by atoms with Crippen LogP contribution in [-0.4, -0.2) is 49.0 Å². The van der Waals surface area contributed by atoms with Crippen molar-refractivity contribution >= 4 is 0 Å². The fourth-order valence-electron chi connectivity index (χ4n) is 1.56. The van der Waals surface area contributed by atoms with Crippen molar-refractivity contribution in [1.29, 1.82) is 0 Å². The largest absolute Gasteiger partial charge is 0.393 e. The van der Waals surface area contributed by atoms with Gasteiger partial charge in [-0.05, 0) is 11.8 Å². The Hall–Kier alpha value is -0.120. The molecule has 1 rings (SSSR count). The van der Waals surface area contributed by atoms with Gasteiger partial charge in [-0.3, -0.25) is 4.90 Å². The second-order valence-corrected chi connectivity index (χ2v) is 5.12. The minimum absolute atomic E-state index is 0.00624. The molecule has 1 N–H and O–H groups in total. The Labute approximate surface area is 87.1 Å². The molecule has 0 aromatic heterocycles. The molecule has 1 aliphatic heterocycles. The molecule has 0 bridgehead atoms. The number of hydrogen-bond donors (Lipinski definition) is 1. The van der Waals surface area contributed by atoms with Crippen LogP contribution in [0.1, 0.15) is 27.2 Å². The van der Waals surface area contributed by atoms with E-state index in [1.165, 1.54) is 0 Å². The summed E-state index contributed by atoms with van der Waals surface area (Å²) in [6, 6.07) is 0. The van der Waals surface area contributed by atoms with Crippen molar-refractivity contribution in [3.05, 3.63) is 0 Å². The van der Waals surface area contributed by atoms with Crippen molar-refractivity contribution in [3.63, 3.8) is 0 Å². The smallest absolute Gasteiger partial charge is 0.0600 e. The molecule has 14 heavy (non-hydrogen) atoms. The third-order valence-corrected chi connectivity index (χ3v) is 2.82. The van der Waals surface area contributed by atoms with Gasteiger partial charge in [0.25, 0.3) is 0 Å². The van der Waals surface area contributed by atoms with Crippen molar-refractivity contribution in [2.75, 3.05) is 32.8 Å². The molecule has 0 aromatic rings. The Morgan fingerprint density at radius 3 is 2.36 bits per heavy atom. The summed E-state index contributed by atoms with van der Waals surface area (Å²) in [5.41, 5.74) is 0.00624. The maximum atomic E-state index is 9.86. The normalized spacial score (nSPS) is 22.3. The Morgan fingerprint density at radius 1 is 1.29 bits per heavy atom. The van der Waals surface area contributed by atoms with E-state index in [4.69, 9.17) is 4.74 Å². The molecule has 0 aliphatic carbocycles. The third-order valence-electron chi connectivity index (χ3n) is 2.82. The first-order valence-electron chi connectivity index (χ1n) is 5.48. The van der Waals surface area contributed by atoms with Crippen molar-refractivity contribution in [2.24, 2.45) is 5.41 Å². The van der Waals surface area contributed by atoms with Crippen LogP contribution in [0.5, 0.6) is 0 Å². The number of hydrogen-bond acceptors (Lipinski definition) is 3. The molecule has 84 valence electrons. The summed E-state index contributed by atoms with van der Waals surface area (Å²) >= 11 is 0. The summed E-state index contributed by atoms with van der Waals surface area (Å²) in [5, 5.41) is 9.86. The van der Waals surface area contributed by atoms with E-state index in [9.17, 15) is 5.11 Å². The van der Waals surface area contributed by atoms with E-state index in [0.717, 1.165) is 39.3 Å². The Morgan fingerprint density at radius 2 is 1.86 bits per heavy atom. The first-order valence-corrected chi connectivity index (χ1v) is 5.48. The minimum atomic E-state index is -0.203. The van der Waals surface area contributed by atoms with Gasteiger partial charge < -0.3 is 9.84 Å². The minimum Gasteiger partial charge on any atom is -0.393 e. The molecule has 1 saturated heterocycles. The molecule has 0 spiro atoms. The highest BCUT2D eigenvalue weighted by atomic mass is 16.5. The van der Waals surface area contributed by atoms with E-state index in [-0.39, 0.29) is 11.5 Å². The van der Waals surface area contributed by atoms with E-state index in [2.05, 4.69) is 25.7 Å². The van der Waals surface area contributed by atoms with E-state index in [1.807, 2.05) is 0 Å². The van der Waals surface area contributed by atoms with Crippen LogP contribution in [0.25, 0.3) is 0 Å². The van der Waals surface area contributed by atoms with E-state index < -0.39 is 0 Å². The second-order valence-electron chi connectivity index (χ2n) is 5.12. The zero-order valence-corrected chi connectivity index (χ0v) is 9.62. The van der Waals surface area contributed by atoms with Gasteiger partial charge in [0.15, 0.2) is 0 Å². The highest BCUT2D eigenvalue weighted by molar-refractivity contribution is 4.74. The molecule has 3 heteroatoms.